The first kappa shape index (κ1) is 10.0. The van der Waals surface area contributed by atoms with Crippen LogP contribution in [-0.4, -0.2) is 21.0 Å². The average Bonchev–Trinajstić information content (AvgIpc) is 2.74. The van der Waals surface area contributed by atoms with Crippen molar-refractivity contribution in [1.82, 2.24) is 9.55 Å². The van der Waals surface area contributed by atoms with Gasteiger partial charge < -0.3 is 4.57 Å². The number of fused-ring (bicyclic) bond motifs is 1. The fourth-order valence-corrected chi connectivity index (χ4v) is 2.06. The fraction of sp³-hybridized carbons (Fsp3) is 0.250. The van der Waals surface area contributed by atoms with Crippen LogP contribution in [0.1, 0.15) is 11.4 Å². The zero-order valence-corrected chi connectivity index (χ0v) is 9.46. The van der Waals surface area contributed by atoms with E-state index in [1.54, 1.807) is 6.20 Å². The summed E-state index contributed by atoms with van der Waals surface area (Å²) in [5, 5.41) is 0. The molecular formula is C12H12N3O2+. The molecule has 3 rings (SSSR count). The zero-order valence-electron chi connectivity index (χ0n) is 9.46. The Kier molecular flexibility index (Phi) is 2.18. The minimum Gasteiger partial charge on any atom is -0.300 e. The van der Waals surface area contributed by atoms with Crippen molar-refractivity contribution >= 4 is 0 Å². The Morgan fingerprint density at radius 2 is 2.35 bits per heavy atom. The Hall–Kier alpha value is -2.17. The maximum atomic E-state index is 11.3. The van der Waals surface area contributed by atoms with Gasteiger partial charge in [0.05, 0.1) is 10.6 Å². The molecule has 0 atom stereocenters. The summed E-state index contributed by atoms with van der Waals surface area (Å²) in [7, 11) is 0. The highest BCUT2D eigenvalue weighted by molar-refractivity contribution is 5.52. The zero-order chi connectivity index (χ0) is 11.8. The van der Waals surface area contributed by atoms with Gasteiger partial charge in [-0.25, -0.2) is 4.98 Å². The van der Waals surface area contributed by atoms with Crippen LogP contribution in [0.25, 0.3) is 5.69 Å². The molecule has 0 unspecified atom stereocenters. The number of hydrogen-bond donors (Lipinski definition) is 0. The molecule has 0 radical (unpaired) electrons. The minimum absolute atomic E-state index is 0.374. The summed E-state index contributed by atoms with van der Waals surface area (Å²) in [6.45, 7) is 2.29. The highest BCUT2D eigenvalue weighted by Gasteiger charge is 2.27. The lowest BCUT2D eigenvalue weighted by atomic mass is 10.1. The van der Waals surface area contributed by atoms with E-state index in [4.69, 9.17) is 4.84 Å². The van der Waals surface area contributed by atoms with E-state index in [1.165, 1.54) is 0 Å². The maximum absolute atomic E-state index is 11.3. The predicted octanol–water partition coefficient (Wildman–Crippen LogP) is 1.81. The van der Waals surface area contributed by atoms with Gasteiger partial charge in [-0.3, -0.25) is 0 Å². The van der Waals surface area contributed by atoms with Crippen LogP contribution in [0.3, 0.4) is 0 Å². The van der Waals surface area contributed by atoms with Crippen molar-refractivity contribution in [3.63, 3.8) is 0 Å². The Balaban J connectivity index is 2.18. The Morgan fingerprint density at radius 1 is 1.47 bits per heavy atom. The molecule has 1 aromatic carbocycles. The first-order chi connectivity index (χ1) is 8.25. The number of aromatic nitrogens is 2. The summed E-state index contributed by atoms with van der Waals surface area (Å²) in [6, 6.07) is 5.88. The molecule has 0 N–H and O–H groups in total. The van der Waals surface area contributed by atoms with Gasteiger partial charge in [-0.15, -0.1) is 0 Å². The number of aryl methyl sites for hydroxylation is 1. The average molecular weight is 230 g/mol. The minimum atomic E-state index is 0.374. The molecular weight excluding hydrogens is 218 g/mol. The van der Waals surface area contributed by atoms with Crippen LogP contribution in [0.15, 0.2) is 30.6 Å². The molecule has 0 amide bonds. The van der Waals surface area contributed by atoms with E-state index < -0.39 is 0 Å². The van der Waals surface area contributed by atoms with Crippen molar-refractivity contribution in [3.05, 3.63) is 46.9 Å². The summed E-state index contributed by atoms with van der Waals surface area (Å²) >= 11 is 0. The van der Waals surface area contributed by atoms with Gasteiger partial charge in [0.2, 0.25) is 10.7 Å². The Morgan fingerprint density at radius 3 is 3.12 bits per heavy atom. The van der Waals surface area contributed by atoms with Gasteiger partial charge in [0.15, 0.2) is 0 Å². The predicted molar refractivity (Wildman–Crippen MR) is 61.1 cm³/mol. The molecule has 17 heavy (non-hydrogen) atoms. The molecule has 5 nitrogen and oxygen atoms in total. The van der Waals surface area contributed by atoms with E-state index in [-0.39, 0.29) is 0 Å². The molecule has 86 valence electrons. The molecule has 0 bridgehead atoms. The van der Waals surface area contributed by atoms with Crippen LogP contribution in [0.4, 0.5) is 0 Å². The lowest BCUT2D eigenvalue weighted by molar-refractivity contribution is -0.764. The highest BCUT2D eigenvalue weighted by atomic mass is 16.8. The third-order valence-electron chi connectivity index (χ3n) is 2.92. The highest BCUT2D eigenvalue weighted by Crippen LogP contribution is 2.31. The second-order valence-corrected chi connectivity index (χ2v) is 4.01. The number of hydrogen-bond acceptors (Lipinski definition) is 3. The van der Waals surface area contributed by atoms with Gasteiger partial charge in [0, 0.05) is 24.4 Å². The van der Waals surface area contributed by atoms with Crippen LogP contribution < -0.4 is 4.84 Å². The summed E-state index contributed by atoms with van der Waals surface area (Å²) in [5.41, 5.74) is 1.92. The third-order valence-corrected chi connectivity index (χ3v) is 2.92. The SMILES string of the molecule is Cc1nccn1-c1cccc2c1O[N+](=O)CC2. The van der Waals surface area contributed by atoms with Crippen molar-refractivity contribution in [1.29, 1.82) is 0 Å². The van der Waals surface area contributed by atoms with E-state index in [1.807, 2.05) is 35.9 Å². The van der Waals surface area contributed by atoms with Gasteiger partial charge in [0.25, 0.3) is 6.54 Å². The monoisotopic (exact) mass is 230 g/mol. The van der Waals surface area contributed by atoms with E-state index >= 15 is 0 Å². The number of nitrogens with zero attached hydrogens (tertiary/aromatic N) is 3. The second-order valence-electron chi connectivity index (χ2n) is 4.01. The molecule has 0 aliphatic carbocycles. The number of imidazole rings is 1. The molecule has 0 fully saturated rings. The smallest absolute Gasteiger partial charge is 0.253 e. The molecule has 1 aromatic heterocycles. The third kappa shape index (κ3) is 1.60. The number of para-hydroxylation sites is 1. The molecule has 0 saturated carbocycles. The number of rotatable bonds is 1. The van der Waals surface area contributed by atoms with Gasteiger partial charge in [-0.2, -0.15) is 4.84 Å². The molecule has 1 aliphatic heterocycles. The van der Waals surface area contributed by atoms with E-state index in [2.05, 4.69) is 4.98 Å². The topological polar surface area (TPSA) is 47.1 Å². The van der Waals surface area contributed by atoms with Crippen LogP contribution in [0, 0.1) is 11.8 Å². The summed E-state index contributed by atoms with van der Waals surface area (Å²) in [4.78, 5) is 21.4. The van der Waals surface area contributed by atoms with Crippen LogP contribution >= 0.6 is 0 Å². The van der Waals surface area contributed by atoms with E-state index in [0.29, 0.717) is 23.6 Å². The lowest BCUT2D eigenvalue weighted by Gasteiger charge is -2.13. The molecule has 0 saturated heterocycles. The van der Waals surface area contributed by atoms with E-state index in [9.17, 15) is 4.91 Å². The van der Waals surface area contributed by atoms with Gasteiger partial charge in [-0.1, -0.05) is 12.1 Å². The summed E-state index contributed by atoms with van der Waals surface area (Å²) < 4.78 is 1.91. The first-order valence-corrected chi connectivity index (χ1v) is 5.50. The second kappa shape index (κ2) is 3.69. The van der Waals surface area contributed by atoms with Crippen molar-refractivity contribution in [2.24, 2.45) is 0 Å². The van der Waals surface area contributed by atoms with Gasteiger partial charge in [0.1, 0.15) is 5.82 Å². The quantitative estimate of drug-likeness (QED) is 0.750. The first-order valence-electron chi connectivity index (χ1n) is 5.50. The van der Waals surface area contributed by atoms with Crippen molar-refractivity contribution in [2.75, 3.05) is 6.54 Å². The normalized spacial score (nSPS) is 14.3. The van der Waals surface area contributed by atoms with Gasteiger partial charge in [-0.05, 0) is 13.0 Å². The lowest BCUT2D eigenvalue weighted by Crippen LogP contribution is -2.23. The van der Waals surface area contributed by atoms with E-state index in [0.717, 1.165) is 17.1 Å². The van der Waals surface area contributed by atoms with Crippen LogP contribution in [0.5, 0.6) is 5.75 Å². The van der Waals surface area contributed by atoms with Gasteiger partial charge >= 0.3 is 0 Å². The summed E-state index contributed by atoms with van der Waals surface area (Å²) in [6.07, 6.45) is 4.30. The Bertz CT molecular complexity index is 589. The Labute approximate surface area is 98.2 Å². The van der Waals surface area contributed by atoms with Crippen molar-refractivity contribution in [3.8, 4) is 11.4 Å². The van der Waals surface area contributed by atoms with Crippen LogP contribution in [-0.2, 0) is 6.42 Å². The molecule has 1 aliphatic rings. The standard InChI is InChI=1S/C12H12N3O2/c1-9-13-6-8-14(9)11-4-2-3-10-5-7-15(16)17-12(10)11/h2-4,6,8H,5,7H2,1H3/q+1. The number of benzene rings is 1. The molecule has 2 aromatic rings. The maximum Gasteiger partial charge on any atom is 0.253 e. The molecule has 5 heteroatoms. The fourth-order valence-electron chi connectivity index (χ4n) is 2.06. The van der Waals surface area contributed by atoms with Crippen molar-refractivity contribution in [2.45, 2.75) is 13.3 Å². The van der Waals surface area contributed by atoms with Crippen molar-refractivity contribution < 1.29 is 9.76 Å². The summed E-state index contributed by atoms with van der Waals surface area (Å²) in [5.74, 6) is 1.50. The molecule has 0 spiro atoms. The largest absolute Gasteiger partial charge is 0.300 e. The van der Waals surface area contributed by atoms with Crippen LogP contribution in [0.2, 0.25) is 0 Å². The molecule has 2 heterocycles.